The zero-order valence-corrected chi connectivity index (χ0v) is 18.0. The highest BCUT2D eigenvalue weighted by molar-refractivity contribution is 5.96. The molecule has 2 aromatic carbocycles. The maximum atomic E-state index is 13.3. The highest BCUT2D eigenvalue weighted by Crippen LogP contribution is 2.35. The molecule has 162 valence electrons. The number of methoxy groups -OCH3 is 1. The van der Waals surface area contributed by atoms with E-state index in [2.05, 4.69) is 22.2 Å². The van der Waals surface area contributed by atoms with Gasteiger partial charge in [-0.3, -0.25) is 4.79 Å². The average molecular weight is 428 g/mol. The number of amides is 1. The van der Waals surface area contributed by atoms with Crippen LogP contribution in [0.25, 0.3) is 10.9 Å². The monoisotopic (exact) mass is 427 g/mol. The number of carbonyl (C=O) groups excluding carboxylic acids is 1. The van der Waals surface area contributed by atoms with Crippen molar-refractivity contribution < 1.29 is 14.3 Å². The van der Waals surface area contributed by atoms with Crippen LogP contribution < -0.4 is 9.47 Å². The zero-order valence-electron chi connectivity index (χ0n) is 18.0. The molecule has 1 aliphatic rings. The molecule has 0 aliphatic carbocycles. The lowest BCUT2D eigenvalue weighted by Gasteiger charge is -2.32. The fourth-order valence-corrected chi connectivity index (χ4v) is 4.39. The number of carbonyl (C=O) groups is 1. The van der Waals surface area contributed by atoms with Crippen molar-refractivity contribution in [3.05, 3.63) is 84.2 Å². The van der Waals surface area contributed by atoms with Crippen molar-refractivity contribution in [2.75, 3.05) is 20.2 Å². The van der Waals surface area contributed by atoms with Crippen LogP contribution in [0.5, 0.6) is 17.4 Å². The van der Waals surface area contributed by atoms with Crippen molar-refractivity contribution in [2.45, 2.75) is 18.8 Å². The van der Waals surface area contributed by atoms with Crippen LogP contribution in [0.1, 0.15) is 34.7 Å². The van der Waals surface area contributed by atoms with Crippen molar-refractivity contribution in [1.82, 2.24) is 14.9 Å². The van der Waals surface area contributed by atoms with E-state index in [0.717, 1.165) is 24.1 Å². The number of aromatic amines is 1. The van der Waals surface area contributed by atoms with Gasteiger partial charge in [0.2, 0.25) is 5.88 Å². The zero-order chi connectivity index (χ0) is 21.9. The van der Waals surface area contributed by atoms with Crippen molar-refractivity contribution in [1.29, 1.82) is 0 Å². The first kappa shape index (κ1) is 20.1. The van der Waals surface area contributed by atoms with Crippen molar-refractivity contribution in [3.8, 4) is 17.4 Å². The van der Waals surface area contributed by atoms with Gasteiger partial charge in [0, 0.05) is 36.4 Å². The first-order valence-electron chi connectivity index (χ1n) is 10.8. The van der Waals surface area contributed by atoms with Gasteiger partial charge in [-0.2, -0.15) is 0 Å². The number of piperidine rings is 1. The van der Waals surface area contributed by atoms with Crippen LogP contribution in [0, 0.1) is 0 Å². The Balaban J connectivity index is 1.31. The van der Waals surface area contributed by atoms with Crippen LogP contribution >= 0.6 is 0 Å². The Morgan fingerprint density at radius 2 is 1.84 bits per heavy atom. The predicted octanol–water partition coefficient (Wildman–Crippen LogP) is 5.38. The molecule has 0 spiro atoms. The summed E-state index contributed by atoms with van der Waals surface area (Å²) in [6.45, 7) is 1.39. The van der Waals surface area contributed by atoms with Gasteiger partial charge in [-0.1, -0.05) is 18.2 Å². The SMILES string of the molecule is COc1ccc2[nH]cc(C3CCN(C(=O)c4cccnc4Oc4ccccc4)CC3)c2c1. The second-order valence-corrected chi connectivity index (χ2v) is 7.99. The number of nitrogens with zero attached hydrogens (tertiary/aromatic N) is 2. The van der Waals surface area contributed by atoms with Crippen molar-refractivity contribution in [3.63, 3.8) is 0 Å². The first-order chi connectivity index (χ1) is 15.7. The van der Waals surface area contributed by atoms with E-state index in [1.807, 2.05) is 47.4 Å². The summed E-state index contributed by atoms with van der Waals surface area (Å²) in [6, 6.07) is 19.1. The van der Waals surface area contributed by atoms with E-state index in [9.17, 15) is 4.79 Å². The van der Waals surface area contributed by atoms with Crippen LogP contribution in [0.15, 0.2) is 73.1 Å². The Bertz CT molecular complexity index is 1230. The molecule has 0 atom stereocenters. The van der Waals surface area contributed by atoms with Gasteiger partial charge in [-0.25, -0.2) is 4.98 Å². The average Bonchev–Trinajstić information content (AvgIpc) is 3.28. The van der Waals surface area contributed by atoms with Crippen LogP contribution in [0.4, 0.5) is 0 Å². The summed E-state index contributed by atoms with van der Waals surface area (Å²) in [6.07, 6.45) is 5.56. The van der Waals surface area contributed by atoms with Gasteiger partial charge in [0.15, 0.2) is 0 Å². The minimum absolute atomic E-state index is 0.0388. The number of aromatic nitrogens is 2. The lowest BCUT2D eigenvalue weighted by Crippen LogP contribution is -2.38. The number of hydrogen-bond acceptors (Lipinski definition) is 4. The largest absolute Gasteiger partial charge is 0.497 e. The summed E-state index contributed by atoms with van der Waals surface area (Å²) >= 11 is 0. The van der Waals surface area contributed by atoms with E-state index in [4.69, 9.17) is 9.47 Å². The fraction of sp³-hybridized carbons (Fsp3) is 0.231. The Kier molecular flexibility index (Phi) is 5.50. The fourth-order valence-electron chi connectivity index (χ4n) is 4.39. The molecule has 0 bridgehead atoms. The minimum Gasteiger partial charge on any atom is -0.497 e. The third-order valence-corrected chi connectivity index (χ3v) is 6.10. The summed E-state index contributed by atoms with van der Waals surface area (Å²) < 4.78 is 11.3. The van der Waals surface area contributed by atoms with E-state index in [0.29, 0.717) is 36.2 Å². The van der Waals surface area contributed by atoms with Gasteiger partial charge in [-0.15, -0.1) is 0 Å². The summed E-state index contributed by atoms with van der Waals surface area (Å²) in [7, 11) is 1.69. The summed E-state index contributed by atoms with van der Waals surface area (Å²) in [4.78, 5) is 22.9. The van der Waals surface area contributed by atoms with Crippen molar-refractivity contribution >= 4 is 16.8 Å². The van der Waals surface area contributed by atoms with E-state index in [-0.39, 0.29) is 5.91 Å². The van der Waals surface area contributed by atoms with Crippen LogP contribution in [-0.2, 0) is 0 Å². The number of fused-ring (bicyclic) bond motifs is 1. The highest BCUT2D eigenvalue weighted by Gasteiger charge is 2.28. The smallest absolute Gasteiger partial charge is 0.259 e. The second kappa shape index (κ2) is 8.75. The maximum Gasteiger partial charge on any atom is 0.259 e. The lowest BCUT2D eigenvalue weighted by atomic mass is 9.89. The first-order valence-corrected chi connectivity index (χ1v) is 10.8. The number of para-hydroxylation sites is 1. The molecule has 0 radical (unpaired) electrons. The molecule has 3 heterocycles. The van der Waals surface area contributed by atoms with Gasteiger partial charge < -0.3 is 19.4 Å². The standard InChI is InChI=1S/C26H25N3O3/c1-31-20-9-10-24-22(16-20)23(17-28-24)18-11-14-29(15-12-18)26(30)21-8-5-13-27-25(21)32-19-6-3-2-4-7-19/h2-10,13,16-18,28H,11-12,14-15H2,1H3. The molecule has 32 heavy (non-hydrogen) atoms. The topological polar surface area (TPSA) is 67.5 Å². The van der Waals surface area contributed by atoms with E-state index < -0.39 is 0 Å². The summed E-state index contributed by atoms with van der Waals surface area (Å²) in [5.41, 5.74) is 2.89. The normalized spacial score (nSPS) is 14.5. The molecule has 2 aromatic heterocycles. The molecule has 5 rings (SSSR count). The molecule has 0 saturated carbocycles. The molecule has 1 aliphatic heterocycles. The molecule has 1 saturated heterocycles. The minimum atomic E-state index is -0.0388. The summed E-state index contributed by atoms with van der Waals surface area (Å²) in [5.74, 6) is 2.22. The molecule has 1 fully saturated rings. The van der Waals surface area contributed by atoms with Gasteiger partial charge in [0.1, 0.15) is 17.1 Å². The van der Waals surface area contributed by atoms with Gasteiger partial charge in [-0.05, 0) is 66.8 Å². The molecule has 6 heteroatoms. The molecule has 4 aromatic rings. The second-order valence-electron chi connectivity index (χ2n) is 7.99. The number of nitrogens with one attached hydrogen (secondary N) is 1. The number of pyridine rings is 1. The molecule has 6 nitrogen and oxygen atoms in total. The number of H-pyrrole nitrogens is 1. The van der Waals surface area contributed by atoms with Gasteiger partial charge >= 0.3 is 0 Å². The Morgan fingerprint density at radius 3 is 2.62 bits per heavy atom. The molecular weight excluding hydrogens is 402 g/mol. The molecule has 1 N–H and O–H groups in total. The van der Waals surface area contributed by atoms with Gasteiger partial charge in [0.25, 0.3) is 5.91 Å². The Morgan fingerprint density at radius 1 is 1.03 bits per heavy atom. The van der Waals surface area contributed by atoms with E-state index in [1.54, 1.807) is 25.4 Å². The maximum absolute atomic E-state index is 13.3. The van der Waals surface area contributed by atoms with E-state index >= 15 is 0 Å². The number of hydrogen-bond donors (Lipinski definition) is 1. The summed E-state index contributed by atoms with van der Waals surface area (Å²) in [5, 5.41) is 1.19. The number of likely N-dealkylation sites (tertiary alicyclic amines) is 1. The number of ether oxygens (including phenoxy) is 2. The lowest BCUT2D eigenvalue weighted by molar-refractivity contribution is 0.0710. The number of benzene rings is 2. The third kappa shape index (κ3) is 3.91. The molecule has 1 amide bonds. The molecule has 0 unspecified atom stereocenters. The van der Waals surface area contributed by atoms with Crippen LogP contribution in [-0.4, -0.2) is 41.0 Å². The van der Waals surface area contributed by atoms with Gasteiger partial charge in [0.05, 0.1) is 7.11 Å². The molecular formula is C26H25N3O3. The van der Waals surface area contributed by atoms with Crippen molar-refractivity contribution in [2.24, 2.45) is 0 Å². The highest BCUT2D eigenvalue weighted by atomic mass is 16.5. The quantitative estimate of drug-likeness (QED) is 0.464. The Labute approximate surface area is 186 Å². The van der Waals surface area contributed by atoms with E-state index in [1.165, 1.54) is 10.9 Å². The Hall–Kier alpha value is -3.80. The van der Waals surface area contributed by atoms with Crippen LogP contribution in [0.3, 0.4) is 0 Å². The van der Waals surface area contributed by atoms with Crippen LogP contribution in [0.2, 0.25) is 0 Å². The third-order valence-electron chi connectivity index (χ3n) is 6.10. The number of rotatable bonds is 5. The predicted molar refractivity (Wildman–Crippen MR) is 123 cm³/mol.